The Balaban J connectivity index is 1.68. The number of allylic oxidation sites excluding steroid dienone is 1. The molecule has 2 aliphatic heterocycles. The third-order valence-corrected chi connectivity index (χ3v) is 9.37. The third kappa shape index (κ3) is 2.11. The minimum absolute atomic E-state index is 0.0943. The molecule has 1 aromatic rings. The SMILES string of the molecule is CC1(C)C(=O)C2(O)CC3=CCCC4(C)C3=C(C(=O)OC4c3ccoc3)C2(O)C2(C)OC(=O)CC12. The first-order valence-electron chi connectivity index (χ1n) is 11.7. The molecule has 1 aromatic heterocycles. The van der Waals surface area contributed by atoms with Crippen molar-refractivity contribution in [3.63, 3.8) is 0 Å². The van der Waals surface area contributed by atoms with Crippen molar-refractivity contribution in [1.29, 1.82) is 0 Å². The highest BCUT2D eigenvalue weighted by Crippen LogP contribution is 2.68. The van der Waals surface area contributed by atoms with Gasteiger partial charge in [-0.3, -0.25) is 9.59 Å². The molecule has 180 valence electrons. The molecule has 0 radical (unpaired) electrons. The van der Waals surface area contributed by atoms with Crippen LogP contribution in [0.5, 0.6) is 0 Å². The topological polar surface area (TPSA) is 123 Å². The predicted molar refractivity (Wildman–Crippen MR) is 116 cm³/mol. The smallest absolute Gasteiger partial charge is 0.338 e. The number of hydrogen-bond donors (Lipinski definition) is 2. The Morgan fingerprint density at radius 3 is 2.47 bits per heavy atom. The molecule has 2 N–H and O–H groups in total. The molecule has 6 atom stereocenters. The van der Waals surface area contributed by atoms with Gasteiger partial charge in [-0.15, -0.1) is 0 Å². The van der Waals surface area contributed by atoms with Crippen LogP contribution in [0.15, 0.2) is 45.8 Å². The van der Waals surface area contributed by atoms with Crippen LogP contribution in [0.4, 0.5) is 0 Å². The standard InChI is InChI=1S/C26H28O8/c1-22(2)15-10-16(27)34-24(15,4)26(31)18-17-13(11-25(26,30)21(22)29)6-5-8-23(17,3)19(33-20(18)28)14-7-9-32-12-14/h6-7,9,12,15,19,30-31H,5,8,10-11H2,1-4H3. The first kappa shape index (κ1) is 21.8. The van der Waals surface area contributed by atoms with Crippen molar-refractivity contribution in [2.45, 2.75) is 76.3 Å². The van der Waals surface area contributed by atoms with E-state index in [0.717, 1.165) is 0 Å². The maximum Gasteiger partial charge on any atom is 0.338 e. The number of carbonyl (C=O) groups is 3. The number of furan rings is 1. The van der Waals surface area contributed by atoms with E-state index in [1.165, 1.54) is 19.5 Å². The first-order chi connectivity index (χ1) is 15.8. The fourth-order valence-corrected chi connectivity index (χ4v) is 7.78. The Bertz CT molecular complexity index is 1220. The number of Topliss-reactive ketones (excluding diaryl/α,β-unsaturated/α-hetero) is 1. The number of rotatable bonds is 1. The van der Waals surface area contributed by atoms with Crippen LogP contribution in [0.3, 0.4) is 0 Å². The summed E-state index contributed by atoms with van der Waals surface area (Å²) in [6.45, 7) is 6.81. The van der Waals surface area contributed by atoms with Crippen molar-refractivity contribution in [2.24, 2.45) is 16.7 Å². The van der Waals surface area contributed by atoms with E-state index in [9.17, 15) is 24.6 Å². The molecule has 5 aliphatic rings. The van der Waals surface area contributed by atoms with E-state index in [1.807, 2.05) is 13.0 Å². The van der Waals surface area contributed by atoms with Crippen molar-refractivity contribution in [1.82, 2.24) is 0 Å². The Morgan fingerprint density at radius 1 is 1.06 bits per heavy atom. The third-order valence-electron chi connectivity index (χ3n) is 9.37. The molecule has 8 heteroatoms. The number of cyclic esters (lactones) is 1. The lowest BCUT2D eigenvalue weighted by Crippen LogP contribution is -2.81. The van der Waals surface area contributed by atoms with E-state index in [0.29, 0.717) is 29.6 Å². The normalized spacial score (nSPS) is 44.5. The second-order valence-corrected chi connectivity index (χ2v) is 11.4. The van der Waals surface area contributed by atoms with Crippen LogP contribution in [0.2, 0.25) is 0 Å². The van der Waals surface area contributed by atoms with Crippen molar-refractivity contribution in [2.75, 3.05) is 0 Å². The van der Waals surface area contributed by atoms with Crippen molar-refractivity contribution >= 4 is 17.7 Å². The van der Waals surface area contributed by atoms with Crippen LogP contribution >= 0.6 is 0 Å². The second kappa shape index (κ2) is 6.10. The molecular weight excluding hydrogens is 440 g/mol. The van der Waals surface area contributed by atoms with Crippen LogP contribution < -0.4 is 0 Å². The number of ketones is 1. The largest absolute Gasteiger partial charge is 0.472 e. The number of esters is 2. The Hall–Kier alpha value is -2.71. The van der Waals surface area contributed by atoms with E-state index >= 15 is 0 Å². The zero-order valence-corrected chi connectivity index (χ0v) is 19.6. The van der Waals surface area contributed by atoms with Gasteiger partial charge < -0.3 is 24.1 Å². The van der Waals surface area contributed by atoms with Crippen molar-refractivity contribution in [3.8, 4) is 0 Å². The Kier molecular flexibility index (Phi) is 3.91. The number of aliphatic hydroxyl groups is 2. The summed E-state index contributed by atoms with van der Waals surface area (Å²) in [6, 6.07) is 1.74. The summed E-state index contributed by atoms with van der Waals surface area (Å²) in [7, 11) is 0. The molecule has 0 amide bonds. The molecule has 3 aliphatic carbocycles. The van der Waals surface area contributed by atoms with Gasteiger partial charge in [0, 0.05) is 28.7 Å². The molecule has 0 spiro atoms. The highest BCUT2D eigenvalue weighted by molar-refractivity contribution is 6.04. The maximum atomic E-state index is 13.9. The van der Waals surface area contributed by atoms with Crippen molar-refractivity contribution in [3.05, 3.63) is 47.0 Å². The lowest BCUT2D eigenvalue weighted by Gasteiger charge is -2.64. The van der Waals surface area contributed by atoms with Gasteiger partial charge >= 0.3 is 11.9 Å². The van der Waals surface area contributed by atoms with Gasteiger partial charge in [0.1, 0.15) is 11.7 Å². The number of fused-ring (bicyclic) bond motifs is 4. The molecule has 6 rings (SSSR count). The molecule has 1 saturated heterocycles. The Labute approximate surface area is 196 Å². The van der Waals surface area contributed by atoms with Crippen molar-refractivity contribution < 1.29 is 38.5 Å². The minimum atomic E-state index is -2.47. The van der Waals surface area contributed by atoms with Gasteiger partial charge in [-0.25, -0.2) is 4.79 Å². The molecule has 0 bridgehead atoms. The lowest BCUT2D eigenvalue weighted by molar-refractivity contribution is -0.264. The monoisotopic (exact) mass is 468 g/mol. The molecule has 2 fully saturated rings. The molecule has 8 nitrogen and oxygen atoms in total. The summed E-state index contributed by atoms with van der Waals surface area (Å²) < 4.78 is 16.9. The minimum Gasteiger partial charge on any atom is -0.472 e. The van der Waals surface area contributed by atoms with Crippen LogP contribution in [0.25, 0.3) is 0 Å². The molecular formula is C26H28O8. The number of carbonyl (C=O) groups excluding carboxylic acids is 3. The highest BCUT2D eigenvalue weighted by atomic mass is 16.6. The lowest BCUT2D eigenvalue weighted by atomic mass is 9.43. The van der Waals surface area contributed by atoms with Gasteiger partial charge in [-0.1, -0.05) is 26.8 Å². The molecule has 0 aromatic carbocycles. The zero-order valence-electron chi connectivity index (χ0n) is 19.6. The summed E-state index contributed by atoms with van der Waals surface area (Å²) in [5.41, 5.74) is -6.70. The van der Waals surface area contributed by atoms with E-state index in [-0.39, 0.29) is 18.4 Å². The van der Waals surface area contributed by atoms with E-state index in [4.69, 9.17) is 13.9 Å². The summed E-state index contributed by atoms with van der Waals surface area (Å²) in [6.07, 6.45) is 5.30. The van der Waals surface area contributed by atoms with Gasteiger partial charge in [0.25, 0.3) is 0 Å². The fourth-order valence-electron chi connectivity index (χ4n) is 7.78. The van der Waals surface area contributed by atoms with Crippen LogP contribution in [0.1, 0.15) is 65.0 Å². The quantitative estimate of drug-likeness (QED) is 0.603. The maximum absolute atomic E-state index is 13.9. The van der Waals surface area contributed by atoms with Crippen LogP contribution in [0, 0.1) is 16.7 Å². The van der Waals surface area contributed by atoms with E-state index in [2.05, 4.69) is 0 Å². The molecule has 3 heterocycles. The fraction of sp³-hybridized carbons (Fsp3) is 0.577. The number of hydrogen-bond acceptors (Lipinski definition) is 8. The van der Waals surface area contributed by atoms with Gasteiger partial charge in [0.2, 0.25) is 0 Å². The summed E-state index contributed by atoms with van der Waals surface area (Å²) >= 11 is 0. The van der Waals surface area contributed by atoms with Gasteiger partial charge in [-0.2, -0.15) is 0 Å². The second-order valence-electron chi connectivity index (χ2n) is 11.4. The predicted octanol–water partition coefficient (Wildman–Crippen LogP) is 2.70. The molecule has 34 heavy (non-hydrogen) atoms. The summed E-state index contributed by atoms with van der Waals surface area (Å²) in [5, 5.41) is 24.6. The van der Waals surface area contributed by atoms with E-state index in [1.54, 1.807) is 19.9 Å². The van der Waals surface area contributed by atoms with Gasteiger partial charge in [0.05, 0.1) is 24.5 Å². The average molecular weight is 469 g/mol. The number of ether oxygens (including phenoxy) is 2. The van der Waals surface area contributed by atoms with Gasteiger partial charge in [-0.05, 0) is 37.0 Å². The summed E-state index contributed by atoms with van der Waals surface area (Å²) in [4.78, 5) is 40.2. The average Bonchev–Trinajstić information content (AvgIpc) is 3.40. The molecule has 6 unspecified atom stereocenters. The highest BCUT2D eigenvalue weighted by Gasteiger charge is 2.82. The Morgan fingerprint density at radius 2 is 1.79 bits per heavy atom. The zero-order chi connectivity index (χ0) is 24.5. The van der Waals surface area contributed by atoms with Crippen LogP contribution in [-0.2, 0) is 23.9 Å². The van der Waals surface area contributed by atoms with E-state index < -0.39 is 57.4 Å². The summed E-state index contributed by atoms with van der Waals surface area (Å²) in [5.74, 6) is -2.75. The first-order valence-corrected chi connectivity index (χ1v) is 11.7. The van der Waals surface area contributed by atoms with Gasteiger partial charge in [0.15, 0.2) is 17.0 Å². The van der Waals surface area contributed by atoms with Crippen LogP contribution in [-0.4, -0.2) is 44.7 Å². The molecule has 1 saturated carbocycles.